The number of anilines is 1. The summed E-state index contributed by atoms with van der Waals surface area (Å²) in [5.41, 5.74) is 0.992. The summed E-state index contributed by atoms with van der Waals surface area (Å²) in [5, 5.41) is 4.17. The molecule has 1 saturated heterocycles. The van der Waals surface area contributed by atoms with E-state index < -0.39 is 0 Å². The molecule has 0 amide bonds. The lowest BCUT2D eigenvalue weighted by Crippen LogP contribution is -2.48. The molecule has 3 aromatic heterocycles. The van der Waals surface area contributed by atoms with Gasteiger partial charge in [0, 0.05) is 13.1 Å². The molecule has 0 N–H and O–H groups in total. The number of hydrogen-bond acceptors (Lipinski definition) is 6. The van der Waals surface area contributed by atoms with Gasteiger partial charge in [0.25, 0.3) is 0 Å². The van der Waals surface area contributed by atoms with Gasteiger partial charge >= 0.3 is 0 Å². The van der Waals surface area contributed by atoms with E-state index in [1.54, 1.807) is 30.3 Å². The van der Waals surface area contributed by atoms with Gasteiger partial charge in [-0.05, 0) is 22.0 Å². The fourth-order valence-corrected chi connectivity index (χ4v) is 3.80. The SMILES string of the molecule is Brc1cc2ncnc(N3CC(n4cncn4)C3)c2s1. The molecular weight excluding hydrogens is 328 g/mol. The lowest BCUT2D eigenvalue weighted by atomic mass is 10.1. The molecule has 0 atom stereocenters. The average molecular weight is 337 g/mol. The Morgan fingerprint density at radius 3 is 2.95 bits per heavy atom. The third kappa shape index (κ3) is 1.82. The maximum atomic E-state index is 4.42. The summed E-state index contributed by atoms with van der Waals surface area (Å²) in [6, 6.07) is 2.41. The van der Waals surface area contributed by atoms with Crippen molar-refractivity contribution in [2.24, 2.45) is 0 Å². The Balaban J connectivity index is 1.63. The molecule has 0 unspecified atom stereocenters. The van der Waals surface area contributed by atoms with E-state index in [1.165, 1.54) is 0 Å². The van der Waals surface area contributed by atoms with Crippen LogP contribution in [0.5, 0.6) is 0 Å². The van der Waals surface area contributed by atoms with Crippen molar-refractivity contribution in [3.05, 3.63) is 28.8 Å². The van der Waals surface area contributed by atoms with Crippen LogP contribution in [0, 0.1) is 0 Å². The number of aromatic nitrogens is 5. The molecule has 0 bridgehead atoms. The maximum Gasteiger partial charge on any atom is 0.150 e. The maximum absolute atomic E-state index is 4.42. The lowest BCUT2D eigenvalue weighted by molar-refractivity contribution is 0.366. The molecule has 0 spiro atoms. The standard InChI is InChI=1S/C11H9BrN6S/c12-9-1-8-10(19-9)11(15-5-14-8)17-2-7(3-17)18-6-13-4-16-18/h1,4-7H,2-3H2. The van der Waals surface area contributed by atoms with E-state index in [-0.39, 0.29) is 0 Å². The normalized spacial score (nSPS) is 15.9. The van der Waals surface area contributed by atoms with Gasteiger partial charge in [0.1, 0.15) is 24.8 Å². The van der Waals surface area contributed by atoms with Crippen molar-refractivity contribution in [1.82, 2.24) is 24.7 Å². The molecule has 0 aromatic carbocycles. The van der Waals surface area contributed by atoms with Crippen LogP contribution in [0.3, 0.4) is 0 Å². The summed E-state index contributed by atoms with van der Waals surface area (Å²) in [6.07, 6.45) is 4.96. The molecule has 1 aliphatic heterocycles. The van der Waals surface area contributed by atoms with Crippen LogP contribution in [0.25, 0.3) is 10.2 Å². The summed E-state index contributed by atoms with van der Waals surface area (Å²) >= 11 is 5.17. The third-order valence-electron chi connectivity index (χ3n) is 3.23. The zero-order valence-corrected chi connectivity index (χ0v) is 12.2. The van der Waals surface area contributed by atoms with E-state index in [0.717, 1.165) is 32.9 Å². The van der Waals surface area contributed by atoms with Crippen molar-refractivity contribution in [3.63, 3.8) is 0 Å². The van der Waals surface area contributed by atoms with E-state index >= 15 is 0 Å². The minimum absolute atomic E-state index is 0.385. The first-order valence-electron chi connectivity index (χ1n) is 5.80. The first kappa shape index (κ1) is 11.3. The van der Waals surface area contributed by atoms with E-state index in [1.807, 2.05) is 10.7 Å². The quantitative estimate of drug-likeness (QED) is 0.717. The highest BCUT2D eigenvalue weighted by Crippen LogP contribution is 2.36. The molecule has 4 heterocycles. The predicted molar refractivity (Wildman–Crippen MR) is 76.4 cm³/mol. The van der Waals surface area contributed by atoms with Gasteiger partial charge in [-0.1, -0.05) is 0 Å². The summed E-state index contributed by atoms with van der Waals surface area (Å²) < 4.78 is 4.11. The van der Waals surface area contributed by atoms with Crippen LogP contribution in [0.2, 0.25) is 0 Å². The summed E-state index contributed by atoms with van der Waals surface area (Å²) in [4.78, 5) is 14.9. The molecule has 96 valence electrons. The molecule has 0 aliphatic carbocycles. The molecule has 1 fully saturated rings. The van der Waals surface area contributed by atoms with Crippen LogP contribution < -0.4 is 4.90 Å². The fourth-order valence-electron chi connectivity index (χ4n) is 2.24. The molecule has 19 heavy (non-hydrogen) atoms. The zero-order valence-electron chi connectivity index (χ0n) is 9.77. The van der Waals surface area contributed by atoms with Crippen molar-refractivity contribution in [1.29, 1.82) is 0 Å². The molecule has 8 heteroatoms. The number of rotatable bonds is 2. The Hall–Kier alpha value is -1.54. The second-order valence-corrected chi connectivity index (χ2v) is 6.83. The van der Waals surface area contributed by atoms with Gasteiger partial charge in [-0.2, -0.15) is 5.10 Å². The second-order valence-electron chi connectivity index (χ2n) is 4.40. The topological polar surface area (TPSA) is 59.7 Å². The van der Waals surface area contributed by atoms with Crippen molar-refractivity contribution >= 4 is 43.3 Å². The molecule has 0 radical (unpaired) electrons. The van der Waals surface area contributed by atoms with Crippen molar-refractivity contribution < 1.29 is 0 Å². The van der Waals surface area contributed by atoms with E-state index in [9.17, 15) is 0 Å². The highest BCUT2D eigenvalue weighted by atomic mass is 79.9. The van der Waals surface area contributed by atoms with E-state index in [4.69, 9.17) is 0 Å². The first-order chi connectivity index (χ1) is 9.31. The Kier molecular flexibility index (Phi) is 2.52. The monoisotopic (exact) mass is 336 g/mol. The Bertz CT molecular complexity index is 718. The van der Waals surface area contributed by atoms with Crippen LogP contribution in [-0.2, 0) is 0 Å². The average Bonchev–Trinajstić information content (AvgIpc) is 2.95. The Labute approximate surface area is 121 Å². The van der Waals surface area contributed by atoms with Gasteiger partial charge < -0.3 is 4.90 Å². The van der Waals surface area contributed by atoms with E-state index in [0.29, 0.717) is 6.04 Å². The van der Waals surface area contributed by atoms with Crippen LogP contribution in [0.4, 0.5) is 5.82 Å². The predicted octanol–water partition coefficient (Wildman–Crippen LogP) is 2.11. The van der Waals surface area contributed by atoms with Crippen molar-refractivity contribution in [2.45, 2.75) is 6.04 Å². The highest BCUT2D eigenvalue weighted by molar-refractivity contribution is 9.11. The Morgan fingerprint density at radius 1 is 1.26 bits per heavy atom. The summed E-state index contributed by atoms with van der Waals surface area (Å²) in [5.74, 6) is 1.01. The molecule has 6 nitrogen and oxygen atoms in total. The van der Waals surface area contributed by atoms with Crippen LogP contribution in [0.15, 0.2) is 28.8 Å². The molecule has 1 aliphatic rings. The van der Waals surface area contributed by atoms with Crippen LogP contribution in [-0.4, -0.2) is 37.8 Å². The first-order valence-corrected chi connectivity index (χ1v) is 7.41. The molecule has 4 rings (SSSR count). The summed E-state index contributed by atoms with van der Waals surface area (Å²) in [6.45, 7) is 1.82. The van der Waals surface area contributed by atoms with Gasteiger partial charge in [0.15, 0.2) is 0 Å². The minimum Gasteiger partial charge on any atom is -0.351 e. The molecule has 0 saturated carbocycles. The van der Waals surface area contributed by atoms with E-state index in [2.05, 4.69) is 40.9 Å². The largest absolute Gasteiger partial charge is 0.351 e. The number of hydrogen-bond donors (Lipinski definition) is 0. The molecular formula is C11H9BrN6S. The third-order valence-corrected chi connectivity index (χ3v) is 4.86. The molecule has 3 aromatic rings. The number of thiophene rings is 1. The van der Waals surface area contributed by atoms with Crippen molar-refractivity contribution in [2.75, 3.05) is 18.0 Å². The number of halogens is 1. The number of nitrogens with zero attached hydrogens (tertiary/aromatic N) is 6. The van der Waals surface area contributed by atoms with Gasteiger partial charge in [-0.25, -0.2) is 19.6 Å². The Morgan fingerprint density at radius 2 is 2.16 bits per heavy atom. The van der Waals surface area contributed by atoms with Gasteiger partial charge in [-0.3, -0.25) is 0 Å². The zero-order chi connectivity index (χ0) is 12.8. The fraction of sp³-hybridized carbons (Fsp3) is 0.273. The van der Waals surface area contributed by atoms with Gasteiger partial charge in [0.2, 0.25) is 0 Å². The summed E-state index contributed by atoms with van der Waals surface area (Å²) in [7, 11) is 0. The number of fused-ring (bicyclic) bond motifs is 1. The minimum atomic E-state index is 0.385. The van der Waals surface area contributed by atoms with Gasteiger partial charge in [0.05, 0.1) is 20.0 Å². The highest BCUT2D eigenvalue weighted by Gasteiger charge is 2.31. The smallest absolute Gasteiger partial charge is 0.150 e. The van der Waals surface area contributed by atoms with Crippen LogP contribution >= 0.6 is 27.3 Å². The second kappa shape index (κ2) is 4.24. The van der Waals surface area contributed by atoms with Crippen LogP contribution in [0.1, 0.15) is 6.04 Å². The van der Waals surface area contributed by atoms with Gasteiger partial charge in [-0.15, -0.1) is 11.3 Å². The van der Waals surface area contributed by atoms with Crippen molar-refractivity contribution in [3.8, 4) is 0 Å². The lowest BCUT2D eigenvalue weighted by Gasteiger charge is -2.39.